The van der Waals surface area contributed by atoms with Crippen LogP contribution in [0.1, 0.15) is 5.56 Å². The van der Waals surface area contributed by atoms with E-state index >= 15 is 0 Å². The first-order chi connectivity index (χ1) is 9.13. The van der Waals surface area contributed by atoms with Crippen LogP contribution in [0.4, 0.5) is 4.79 Å². The maximum atomic E-state index is 11.6. The van der Waals surface area contributed by atoms with Crippen molar-refractivity contribution in [2.45, 2.75) is 6.61 Å². The predicted octanol–water partition coefficient (Wildman–Crippen LogP) is 0.752. The normalized spacial score (nSPS) is 9.30. The summed E-state index contributed by atoms with van der Waals surface area (Å²) in [5.74, 6) is -0.260. The summed E-state index contributed by atoms with van der Waals surface area (Å²) in [5, 5.41) is 2.58. The van der Waals surface area contributed by atoms with Gasteiger partial charge < -0.3 is 20.7 Å². The van der Waals surface area contributed by atoms with Crippen LogP contribution in [0.25, 0.3) is 0 Å². The number of carbonyl (C=O) groups is 2. The zero-order chi connectivity index (χ0) is 14.1. The van der Waals surface area contributed by atoms with Gasteiger partial charge in [-0.15, -0.1) is 12.4 Å². The number of benzene rings is 1. The van der Waals surface area contributed by atoms with Crippen LogP contribution in [0.5, 0.6) is 0 Å². The number of nitrogens with zero attached hydrogens (tertiary/aromatic N) is 1. The maximum absolute atomic E-state index is 11.6. The lowest BCUT2D eigenvalue weighted by Crippen LogP contribution is -2.40. The maximum Gasteiger partial charge on any atom is 0.410 e. The number of likely N-dealkylation sites (N-methyl/N-ethyl adjacent to an activating group) is 1. The lowest BCUT2D eigenvalue weighted by Gasteiger charge is -2.16. The highest BCUT2D eigenvalue weighted by molar-refractivity contribution is 5.85. The molecule has 1 aromatic carbocycles. The number of amides is 2. The first-order valence-electron chi connectivity index (χ1n) is 6.02. The molecular formula is C13H20ClN3O3. The highest BCUT2D eigenvalue weighted by Crippen LogP contribution is 2.02. The van der Waals surface area contributed by atoms with Crippen molar-refractivity contribution in [1.29, 1.82) is 0 Å². The minimum atomic E-state index is -0.535. The van der Waals surface area contributed by atoms with Crippen molar-refractivity contribution in [3.8, 4) is 0 Å². The number of rotatable bonds is 6. The van der Waals surface area contributed by atoms with Crippen LogP contribution in [0.2, 0.25) is 0 Å². The van der Waals surface area contributed by atoms with Crippen LogP contribution in [0.15, 0.2) is 30.3 Å². The molecule has 112 valence electrons. The zero-order valence-electron chi connectivity index (χ0n) is 11.4. The molecule has 0 spiro atoms. The highest BCUT2D eigenvalue weighted by atomic mass is 35.5. The molecule has 0 bridgehead atoms. The fourth-order valence-corrected chi connectivity index (χ4v) is 1.38. The van der Waals surface area contributed by atoms with Gasteiger partial charge in [-0.1, -0.05) is 30.3 Å². The molecule has 0 radical (unpaired) electrons. The van der Waals surface area contributed by atoms with Gasteiger partial charge in [-0.25, -0.2) is 4.79 Å². The van der Waals surface area contributed by atoms with Gasteiger partial charge in [0.1, 0.15) is 13.2 Å². The van der Waals surface area contributed by atoms with Gasteiger partial charge in [-0.05, 0) is 5.56 Å². The topological polar surface area (TPSA) is 84.7 Å². The molecule has 0 aromatic heterocycles. The molecule has 1 aromatic rings. The Morgan fingerprint density at radius 1 is 1.30 bits per heavy atom. The van der Waals surface area contributed by atoms with E-state index < -0.39 is 6.09 Å². The molecule has 0 atom stereocenters. The zero-order valence-corrected chi connectivity index (χ0v) is 12.2. The van der Waals surface area contributed by atoms with Crippen molar-refractivity contribution in [2.75, 3.05) is 26.7 Å². The fraction of sp³-hybridized carbons (Fsp3) is 0.385. The van der Waals surface area contributed by atoms with Crippen LogP contribution in [0.3, 0.4) is 0 Å². The van der Waals surface area contributed by atoms with Gasteiger partial charge in [0.05, 0.1) is 0 Å². The molecule has 0 fully saturated rings. The van der Waals surface area contributed by atoms with E-state index in [2.05, 4.69) is 5.32 Å². The molecule has 0 saturated heterocycles. The summed E-state index contributed by atoms with van der Waals surface area (Å²) >= 11 is 0. The predicted molar refractivity (Wildman–Crippen MR) is 78.6 cm³/mol. The summed E-state index contributed by atoms with van der Waals surface area (Å²) in [6.45, 7) is 0.904. The van der Waals surface area contributed by atoms with Gasteiger partial charge in [0.25, 0.3) is 0 Å². The second-order valence-corrected chi connectivity index (χ2v) is 4.03. The Balaban J connectivity index is 0.00000361. The number of nitrogens with two attached hydrogens (primary N) is 1. The second-order valence-electron chi connectivity index (χ2n) is 4.03. The summed E-state index contributed by atoms with van der Waals surface area (Å²) in [7, 11) is 1.51. The van der Waals surface area contributed by atoms with Crippen LogP contribution < -0.4 is 11.1 Å². The van der Waals surface area contributed by atoms with Crippen LogP contribution in [-0.2, 0) is 16.1 Å². The molecule has 0 aliphatic rings. The smallest absolute Gasteiger partial charge is 0.410 e. The van der Waals surface area contributed by atoms with Gasteiger partial charge in [0.2, 0.25) is 5.91 Å². The van der Waals surface area contributed by atoms with Gasteiger partial charge in [-0.3, -0.25) is 4.79 Å². The number of carbonyl (C=O) groups excluding carboxylic acids is 2. The molecule has 20 heavy (non-hydrogen) atoms. The third-order valence-electron chi connectivity index (χ3n) is 2.36. The van der Waals surface area contributed by atoms with Crippen molar-refractivity contribution >= 4 is 24.4 Å². The number of halogens is 1. The number of ether oxygens (including phenoxy) is 1. The molecule has 6 nitrogen and oxygen atoms in total. The molecule has 0 saturated carbocycles. The number of hydrogen-bond acceptors (Lipinski definition) is 4. The SMILES string of the molecule is CN(CC(=O)NCCN)C(=O)OCc1ccccc1.Cl. The number of nitrogens with one attached hydrogen (secondary N) is 1. The van der Waals surface area contributed by atoms with Gasteiger partial charge in [0, 0.05) is 20.1 Å². The van der Waals surface area contributed by atoms with Gasteiger partial charge in [0.15, 0.2) is 0 Å². The minimum Gasteiger partial charge on any atom is -0.445 e. The highest BCUT2D eigenvalue weighted by Gasteiger charge is 2.13. The van der Waals surface area contributed by atoms with Crippen molar-refractivity contribution < 1.29 is 14.3 Å². The lowest BCUT2D eigenvalue weighted by atomic mass is 10.2. The molecule has 3 N–H and O–H groups in total. The van der Waals surface area contributed by atoms with E-state index in [1.807, 2.05) is 30.3 Å². The molecule has 0 heterocycles. The minimum absolute atomic E-state index is 0. The van der Waals surface area contributed by atoms with Crippen molar-refractivity contribution in [3.63, 3.8) is 0 Å². The standard InChI is InChI=1S/C13H19N3O3.ClH/c1-16(9-12(17)15-8-7-14)13(18)19-10-11-5-3-2-4-6-11;/h2-6H,7-10,14H2,1H3,(H,15,17);1H. The lowest BCUT2D eigenvalue weighted by molar-refractivity contribution is -0.121. The molecule has 0 aliphatic carbocycles. The van der Waals surface area contributed by atoms with Crippen molar-refractivity contribution in [1.82, 2.24) is 10.2 Å². The third-order valence-corrected chi connectivity index (χ3v) is 2.36. The first kappa shape index (κ1) is 18.2. The summed E-state index contributed by atoms with van der Waals surface area (Å²) in [6, 6.07) is 9.35. The molecule has 2 amide bonds. The van der Waals surface area contributed by atoms with E-state index in [9.17, 15) is 9.59 Å². The first-order valence-corrected chi connectivity index (χ1v) is 6.02. The van der Waals surface area contributed by atoms with E-state index in [4.69, 9.17) is 10.5 Å². The largest absolute Gasteiger partial charge is 0.445 e. The Morgan fingerprint density at radius 2 is 1.95 bits per heavy atom. The molecule has 1 rings (SSSR count). The molecule has 7 heteroatoms. The molecule has 0 unspecified atom stereocenters. The summed E-state index contributed by atoms with van der Waals surface area (Å²) in [5.41, 5.74) is 6.16. The van der Waals surface area contributed by atoms with E-state index in [-0.39, 0.29) is 31.5 Å². The van der Waals surface area contributed by atoms with E-state index in [1.54, 1.807) is 0 Å². The second kappa shape index (κ2) is 10.1. The Bertz CT molecular complexity index is 415. The third kappa shape index (κ3) is 6.96. The van der Waals surface area contributed by atoms with E-state index in [0.717, 1.165) is 5.56 Å². The summed E-state index contributed by atoms with van der Waals surface area (Å²) in [4.78, 5) is 24.2. The van der Waals surface area contributed by atoms with Crippen LogP contribution >= 0.6 is 12.4 Å². The van der Waals surface area contributed by atoms with Gasteiger partial charge in [-0.2, -0.15) is 0 Å². The quantitative estimate of drug-likeness (QED) is 0.812. The Hall–Kier alpha value is -1.79. The van der Waals surface area contributed by atoms with Crippen molar-refractivity contribution in [3.05, 3.63) is 35.9 Å². The van der Waals surface area contributed by atoms with Crippen LogP contribution in [-0.4, -0.2) is 43.6 Å². The van der Waals surface area contributed by atoms with E-state index in [0.29, 0.717) is 13.1 Å². The Labute approximate surface area is 124 Å². The summed E-state index contributed by atoms with van der Waals surface area (Å²) in [6.07, 6.45) is -0.535. The average molecular weight is 302 g/mol. The monoisotopic (exact) mass is 301 g/mol. The molecular weight excluding hydrogens is 282 g/mol. The van der Waals surface area contributed by atoms with E-state index in [1.165, 1.54) is 11.9 Å². The molecule has 0 aliphatic heterocycles. The Morgan fingerprint density at radius 3 is 2.55 bits per heavy atom. The Kier molecular flexibility index (Phi) is 9.15. The van der Waals surface area contributed by atoms with Crippen LogP contribution in [0, 0.1) is 0 Å². The fourth-order valence-electron chi connectivity index (χ4n) is 1.38. The number of hydrogen-bond donors (Lipinski definition) is 2. The average Bonchev–Trinajstić information content (AvgIpc) is 2.43. The van der Waals surface area contributed by atoms with Gasteiger partial charge >= 0.3 is 6.09 Å². The summed E-state index contributed by atoms with van der Waals surface area (Å²) < 4.78 is 5.08. The van der Waals surface area contributed by atoms with Crippen molar-refractivity contribution in [2.24, 2.45) is 5.73 Å².